The van der Waals surface area contributed by atoms with Crippen LogP contribution in [0.25, 0.3) is 0 Å². The van der Waals surface area contributed by atoms with Crippen LogP contribution in [0.4, 0.5) is 4.39 Å². The Morgan fingerprint density at radius 1 is 1.25 bits per heavy atom. The average Bonchev–Trinajstić information content (AvgIpc) is 2.48. The summed E-state index contributed by atoms with van der Waals surface area (Å²) in [7, 11) is 0. The van der Waals surface area contributed by atoms with Crippen molar-refractivity contribution in [2.45, 2.75) is 71.4 Å². The van der Waals surface area contributed by atoms with Gasteiger partial charge in [-0.15, -0.1) is 0 Å². The monoisotopic (exact) mass is 277 g/mol. The summed E-state index contributed by atoms with van der Waals surface area (Å²) in [6.45, 7) is 6.22. The fraction of sp³-hybridized carbons (Fsp3) is 0.667. The molecule has 0 radical (unpaired) electrons. The third-order valence-electron chi connectivity index (χ3n) is 4.82. The highest BCUT2D eigenvalue weighted by Crippen LogP contribution is 2.29. The maximum Gasteiger partial charge on any atom is 0.126 e. The zero-order chi connectivity index (χ0) is 14.5. The molecule has 1 nitrogen and oxygen atoms in total. The minimum atomic E-state index is -0.0955. The minimum Gasteiger partial charge on any atom is -0.307 e. The van der Waals surface area contributed by atoms with Gasteiger partial charge in [0.2, 0.25) is 0 Å². The molecule has 0 aliphatic heterocycles. The number of halogens is 1. The predicted molar refractivity (Wildman–Crippen MR) is 83.3 cm³/mol. The van der Waals surface area contributed by atoms with Gasteiger partial charge in [-0.1, -0.05) is 38.3 Å². The summed E-state index contributed by atoms with van der Waals surface area (Å²) in [5, 5.41) is 3.73. The Balaban J connectivity index is 2.00. The Kier molecular flexibility index (Phi) is 5.59. The van der Waals surface area contributed by atoms with E-state index >= 15 is 0 Å². The van der Waals surface area contributed by atoms with Gasteiger partial charge < -0.3 is 5.32 Å². The Labute approximate surface area is 123 Å². The van der Waals surface area contributed by atoms with E-state index in [9.17, 15) is 4.39 Å². The van der Waals surface area contributed by atoms with Crippen molar-refractivity contribution in [2.24, 2.45) is 5.92 Å². The fourth-order valence-corrected chi connectivity index (χ4v) is 3.42. The molecule has 1 aliphatic rings. The molecule has 1 aliphatic carbocycles. The van der Waals surface area contributed by atoms with E-state index in [2.05, 4.69) is 19.2 Å². The summed E-state index contributed by atoms with van der Waals surface area (Å²) in [5.41, 5.74) is 1.78. The van der Waals surface area contributed by atoms with Crippen molar-refractivity contribution in [2.75, 3.05) is 0 Å². The zero-order valence-corrected chi connectivity index (χ0v) is 13.1. The summed E-state index contributed by atoms with van der Waals surface area (Å²) in [5.74, 6) is 0.702. The van der Waals surface area contributed by atoms with Gasteiger partial charge in [-0.25, -0.2) is 4.39 Å². The van der Waals surface area contributed by atoms with Crippen LogP contribution >= 0.6 is 0 Å². The van der Waals surface area contributed by atoms with Gasteiger partial charge in [0.15, 0.2) is 0 Å². The molecule has 0 spiro atoms. The normalized spacial score (nSPS) is 19.8. The molecule has 2 unspecified atom stereocenters. The van der Waals surface area contributed by atoms with Crippen molar-refractivity contribution in [3.8, 4) is 0 Å². The van der Waals surface area contributed by atoms with Crippen molar-refractivity contribution in [1.29, 1.82) is 0 Å². The number of aryl methyl sites for hydroxylation is 1. The highest BCUT2D eigenvalue weighted by atomic mass is 19.1. The molecule has 0 amide bonds. The van der Waals surface area contributed by atoms with Crippen LogP contribution in [-0.2, 0) is 0 Å². The van der Waals surface area contributed by atoms with Crippen LogP contribution in [0.3, 0.4) is 0 Å². The molecule has 1 aromatic carbocycles. The maximum atomic E-state index is 13.7. The van der Waals surface area contributed by atoms with Gasteiger partial charge in [-0.2, -0.15) is 0 Å². The maximum absolute atomic E-state index is 13.7. The number of rotatable bonds is 5. The number of benzene rings is 1. The molecule has 0 saturated heterocycles. The Bertz CT molecular complexity index is 423. The molecule has 112 valence electrons. The van der Waals surface area contributed by atoms with Crippen molar-refractivity contribution < 1.29 is 4.39 Å². The van der Waals surface area contributed by atoms with Gasteiger partial charge in [-0.05, 0) is 56.2 Å². The molecule has 1 fully saturated rings. The smallest absolute Gasteiger partial charge is 0.126 e. The van der Waals surface area contributed by atoms with Crippen LogP contribution in [0.1, 0.15) is 69.5 Å². The van der Waals surface area contributed by atoms with Crippen LogP contribution in [0, 0.1) is 18.7 Å². The molecule has 2 rings (SSSR count). The van der Waals surface area contributed by atoms with Gasteiger partial charge in [-0.3, -0.25) is 0 Å². The molecule has 2 atom stereocenters. The first-order valence-electron chi connectivity index (χ1n) is 8.14. The van der Waals surface area contributed by atoms with E-state index in [1.54, 1.807) is 6.07 Å². The fourth-order valence-electron chi connectivity index (χ4n) is 3.42. The first-order chi connectivity index (χ1) is 9.61. The summed E-state index contributed by atoms with van der Waals surface area (Å²) < 4.78 is 13.7. The molecule has 2 heteroatoms. The van der Waals surface area contributed by atoms with Crippen molar-refractivity contribution >= 4 is 0 Å². The topological polar surface area (TPSA) is 12.0 Å². The van der Waals surface area contributed by atoms with E-state index in [1.165, 1.54) is 32.1 Å². The third-order valence-corrected chi connectivity index (χ3v) is 4.82. The lowest BCUT2D eigenvalue weighted by molar-refractivity contribution is 0.249. The van der Waals surface area contributed by atoms with Gasteiger partial charge in [0.1, 0.15) is 5.82 Å². The highest BCUT2D eigenvalue weighted by Gasteiger charge is 2.23. The first-order valence-corrected chi connectivity index (χ1v) is 8.14. The van der Waals surface area contributed by atoms with Crippen molar-refractivity contribution in [1.82, 2.24) is 5.32 Å². The largest absolute Gasteiger partial charge is 0.307 e. The van der Waals surface area contributed by atoms with E-state index < -0.39 is 0 Å². The van der Waals surface area contributed by atoms with Gasteiger partial charge >= 0.3 is 0 Å². The molecule has 20 heavy (non-hydrogen) atoms. The van der Waals surface area contributed by atoms with Crippen LogP contribution < -0.4 is 5.32 Å². The third kappa shape index (κ3) is 3.82. The van der Waals surface area contributed by atoms with Crippen LogP contribution in [-0.4, -0.2) is 6.04 Å². The molecular formula is C18H28FN. The predicted octanol–water partition coefficient (Wildman–Crippen LogP) is 5.14. The van der Waals surface area contributed by atoms with E-state index in [0.29, 0.717) is 6.04 Å². The molecule has 0 aromatic heterocycles. The zero-order valence-electron chi connectivity index (χ0n) is 13.1. The SMILES string of the molecule is CCC(NC(C)c1ccc(C)c(F)c1)C1CCCCC1. The number of nitrogens with one attached hydrogen (secondary N) is 1. The Morgan fingerprint density at radius 3 is 2.55 bits per heavy atom. The summed E-state index contributed by atoms with van der Waals surface area (Å²) >= 11 is 0. The van der Waals surface area contributed by atoms with Crippen LogP contribution in [0.5, 0.6) is 0 Å². The summed E-state index contributed by atoms with van der Waals surface area (Å²) in [4.78, 5) is 0. The second kappa shape index (κ2) is 7.21. The average molecular weight is 277 g/mol. The molecule has 1 N–H and O–H groups in total. The Morgan fingerprint density at radius 2 is 1.95 bits per heavy atom. The van der Waals surface area contributed by atoms with Crippen molar-refractivity contribution in [3.63, 3.8) is 0 Å². The molecule has 0 heterocycles. The summed E-state index contributed by atoms with van der Waals surface area (Å²) in [6.07, 6.45) is 7.99. The quantitative estimate of drug-likeness (QED) is 0.785. The lowest BCUT2D eigenvalue weighted by Crippen LogP contribution is -2.38. The molecule has 1 saturated carbocycles. The minimum absolute atomic E-state index is 0.0955. The van der Waals surface area contributed by atoms with Crippen molar-refractivity contribution in [3.05, 3.63) is 35.1 Å². The van der Waals surface area contributed by atoms with Gasteiger partial charge in [0, 0.05) is 12.1 Å². The van der Waals surface area contributed by atoms with E-state index in [0.717, 1.165) is 23.5 Å². The lowest BCUT2D eigenvalue weighted by atomic mass is 9.82. The van der Waals surface area contributed by atoms with Gasteiger partial charge in [0.25, 0.3) is 0 Å². The summed E-state index contributed by atoms with van der Waals surface area (Å²) in [6, 6.07) is 6.39. The second-order valence-electron chi connectivity index (χ2n) is 6.31. The number of hydrogen-bond acceptors (Lipinski definition) is 1. The van der Waals surface area contributed by atoms with Gasteiger partial charge in [0.05, 0.1) is 0 Å². The van der Waals surface area contributed by atoms with E-state index in [4.69, 9.17) is 0 Å². The number of hydrogen-bond donors (Lipinski definition) is 1. The second-order valence-corrected chi connectivity index (χ2v) is 6.31. The lowest BCUT2D eigenvalue weighted by Gasteiger charge is -2.32. The Hall–Kier alpha value is -0.890. The first kappa shape index (κ1) is 15.5. The van der Waals surface area contributed by atoms with E-state index in [-0.39, 0.29) is 11.9 Å². The standard InChI is InChI=1S/C18H28FN/c1-4-18(15-8-6-5-7-9-15)20-14(3)16-11-10-13(2)17(19)12-16/h10-12,14-15,18,20H,4-9H2,1-3H3. The van der Waals surface area contributed by atoms with E-state index in [1.807, 2.05) is 19.1 Å². The molecular weight excluding hydrogens is 249 g/mol. The molecule has 0 bridgehead atoms. The highest BCUT2D eigenvalue weighted by molar-refractivity contribution is 5.25. The molecule has 1 aromatic rings. The van der Waals surface area contributed by atoms with Crippen LogP contribution in [0.15, 0.2) is 18.2 Å². The van der Waals surface area contributed by atoms with Crippen LogP contribution in [0.2, 0.25) is 0 Å².